The molecule has 0 saturated carbocycles. The fraction of sp³-hybridized carbons (Fsp3) is 0.118. The average Bonchev–Trinajstić information content (AvgIpc) is 2.55. The van der Waals surface area contributed by atoms with Gasteiger partial charge < -0.3 is 14.2 Å². The Kier molecular flexibility index (Phi) is 6.07. The van der Waals surface area contributed by atoms with Gasteiger partial charge in [0.2, 0.25) is 0 Å². The summed E-state index contributed by atoms with van der Waals surface area (Å²) >= 11 is 9.29. The summed E-state index contributed by atoms with van der Waals surface area (Å²) in [5, 5.41) is 0.354. The largest absolute Gasteiger partial charge is 0.493 e. The van der Waals surface area contributed by atoms with Gasteiger partial charge in [0.05, 0.1) is 19.2 Å². The number of rotatable bonds is 5. The molecule has 23 heavy (non-hydrogen) atoms. The van der Waals surface area contributed by atoms with Crippen LogP contribution in [-0.4, -0.2) is 20.2 Å². The predicted molar refractivity (Wildman–Crippen MR) is 93.4 cm³/mol. The molecule has 0 heterocycles. The molecular formula is C17H14BrClO4. The zero-order valence-corrected chi connectivity index (χ0v) is 14.8. The number of carbonyl (C=O) groups is 1. The van der Waals surface area contributed by atoms with E-state index in [0.717, 1.165) is 10.0 Å². The van der Waals surface area contributed by atoms with Gasteiger partial charge in [-0.1, -0.05) is 33.6 Å². The molecule has 6 heteroatoms. The summed E-state index contributed by atoms with van der Waals surface area (Å²) in [6.07, 6.45) is 2.94. The molecule has 0 aliphatic rings. The average molecular weight is 398 g/mol. The molecule has 0 aliphatic carbocycles. The molecule has 0 N–H and O–H groups in total. The van der Waals surface area contributed by atoms with Crippen LogP contribution in [0.2, 0.25) is 5.02 Å². The maximum Gasteiger partial charge on any atom is 0.336 e. The maximum atomic E-state index is 11.9. The van der Waals surface area contributed by atoms with Crippen molar-refractivity contribution in [2.24, 2.45) is 0 Å². The number of ether oxygens (including phenoxy) is 3. The number of esters is 1. The van der Waals surface area contributed by atoms with Gasteiger partial charge in [-0.25, -0.2) is 4.79 Å². The lowest BCUT2D eigenvalue weighted by Crippen LogP contribution is -2.04. The highest BCUT2D eigenvalue weighted by atomic mass is 79.9. The van der Waals surface area contributed by atoms with Crippen molar-refractivity contribution in [3.05, 3.63) is 57.5 Å². The normalized spacial score (nSPS) is 10.6. The minimum absolute atomic E-state index is 0.303. The molecule has 2 rings (SSSR count). The molecule has 0 amide bonds. The molecule has 0 fully saturated rings. The predicted octanol–water partition coefficient (Wildman–Crippen LogP) is 4.74. The van der Waals surface area contributed by atoms with Gasteiger partial charge in [0, 0.05) is 10.5 Å². The molecule has 0 atom stereocenters. The van der Waals surface area contributed by atoms with Crippen molar-refractivity contribution in [1.82, 2.24) is 0 Å². The first kappa shape index (κ1) is 17.4. The second kappa shape index (κ2) is 8.04. The fourth-order valence-electron chi connectivity index (χ4n) is 1.82. The zero-order chi connectivity index (χ0) is 16.8. The minimum atomic E-state index is -0.524. The number of halogens is 2. The first-order chi connectivity index (χ1) is 11.0. The number of benzene rings is 2. The van der Waals surface area contributed by atoms with Crippen LogP contribution in [0.25, 0.3) is 6.08 Å². The first-order valence-corrected chi connectivity index (χ1v) is 7.77. The van der Waals surface area contributed by atoms with Gasteiger partial charge in [0.1, 0.15) is 5.75 Å². The summed E-state index contributed by atoms with van der Waals surface area (Å²) in [5.74, 6) is 0.980. The molecule has 0 aliphatic heterocycles. The number of carbonyl (C=O) groups excluding carboxylic acids is 1. The van der Waals surface area contributed by atoms with Crippen molar-refractivity contribution >= 4 is 39.6 Å². The minimum Gasteiger partial charge on any atom is -0.493 e. The molecular weight excluding hydrogens is 384 g/mol. The topological polar surface area (TPSA) is 44.8 Å². The zero-order valence-electron chi connectivity index (χ0n) is 12.5. The Morgan fingerprint density at radius 1 is 1.04 bits per heavy atom. The van der Waals surface area contributed by atoms with Crippen molar-refractivity contribution in [2.45, 2.75) is 0 Å². The molecule has 0 saturated heterocycles. The molecule has 0 aromatic heterocycles. The highest BCUT2D eigenvalue weighted by Crippen LogP contribution is 2.29. The monoisotopic (exact) mass is 396 g/mol. The van der Waals surface area contributed by atoms with Gasteiger partial charge in [0.25, 0.3) is 0 Å². The van der Waals surface area contributed by atoms with E-state index in [4.69, 9.17) is 25.8 Å². The van der Waals surface area contributed by atoms with Crippen molar-refractivity contribution < 1.29 is 19.0 Å². The van der Waals surface area contributed by atoms with Crippen LogP contribution in [0.5, 0.6) is 17.2 Å². The highest BCUT2D eigenvalue weighted by Gasteiger charge is 2.07. The molecule has 120 valence electrons. The van der Waals surface area contributed by atoms with Crippen molar-refractivity contribution in [1.29, 1.82) is 0 Å². The van der Waals surface area contributed by atoms with Gasteiger partial charge >= 0.3 is 5.97 Å². The van der Waals surface area contributed by atoms with Crippen LogP contribution < -0.4 is 14.2 Å². The Hall–Kier alpha value is -1.98. The van der Waals surface area contributed by atoms with Gasteiger partial charge in [-0.05, 0) is 42.0 Å². The van der Waals surface area contributed by atoms with Crippen LogP contribution in [0.4, 0.5) is 0 Å². The van der Waals surface area contributed by atoms with Gasteiger partial charge in [-0.3, -0.25) is 0 Å². The fourth-order valence-corrected chi connectivity index (χ4v) is 2.53. The Labute approximate surface area is 147 Å². The van der Waals surface area contributed by atoms with Gasteiger partial charge in [0.15, 0.2) is 11.5 Å². The number of hydrogen-bond donors (Lipinski definition) is 0. The molecule has 2 aromatic rings. The van der Waals surface area contributed by atoms with E-state index in [2.05, 4.69) is 15.9 Å². The standard InChI is InChI=1S/C17H14BrClO4/c1-21-15-6-3-11(9-16(15)22-2)4-8-17(20)23-14-7-5-12(18)10-13(14)19/h3-10H,1-2H3/b8-4+. The molecule has 4 nitrogen and oxygen atoms in total. The second-order valence-electron chi connectivity index (χ2n) is 4.44. The van der Waals surface area contributed by atoms with Crippen LogP contribution in [0.1, 0.15) is 5.56 Å². The van der Waals surface area contributed by atoms with Crippen LogP contribution in [-0.2, 0) is 4.79 Å². The van der Waals surface area contributed by atoms with E-state index >= 15 is 0 Å². The molecule has 0 radical (unpaired) electrons. The number of hydrogen-bond acceptors (Lipinski definition) is 4. The lowest BCUT2D eigenvalue weighted by atomic mass is 10.2. The lowest BCUT2D eigenvalue weighted by Gasteiger charge is -2.07. The Bertz CT molecular complexity index is 743. The van der Waals surface area contributed by atoms with E-state index in [9.17, 15) is 4.79 Å². The smallest absolute Gasteiger partial charge is 0.336 e. The molecule has 0 spiro atoms. The maximum absolute atomic E-state index is 11.9. The van der Waals surface area contributed by atoms with E-state index in [0.29, 0.717) is 22.3 Å². The summed E-state index contributed by atoms with van der Waals surface area (Å²) in [7, 11) is 3.11. The second-order valence-corrected chi connectivity index (χ2v) is 5.77. The van der Waals surface area contributed by atoms with Crippen LogP contribution in [0.15, 0.2) is 46.9 Å². The lowest BCUT2D eigenvalue weighted by molar-refractivity contribution is -0.128. The van der Waals surface area contributed by atoms with Crippen molar-refractivity contribution in [3.8, 4) is 17.2 Å². The van der Waals surface area contributed by atoms with E-state index < -0.39 is 5.97 Å². The summed E-state index contributed by atoms with van der Waals surface area (Å²) in [6.45, 7) is 0. The first-order valence-electron chi connectivity index (χ1n) is 6.60. The van der Waals surface area contributed by atoms with E-state index in [-0.39, 0.29) is 0 Å². The quantitative estimate of drug-likeness (QED) is 0.415. The summed E-state index contributed by atoms with van der Waals surface area (Å²) in [4.78, 5) is 11.9. The molecule has 0 bridgehead atoms. The SMILES string of the molecule is COc1ccc(/C=C/C(=O)Oc2ccc(Br)cc2Cl)cc1OC. The van der Waals surface area contributed by atoms with E-state index in [1.165, 1.54) is 6.08 Å². The van der Waals surface area contributed by atoms with Crippen molar-refractivity contribution in [3.63, 3.8) is 0 Å². The number of methoxy groups -OCH3 is 2. The van der Waals surface area contributed by atoms with Crippen molar-refractivity contribution in [2.75, 3.05) is 14.2 Å². The highest BCUT2D eigenvalue weighted by molar-refractivity contribution is 9.10. The third-order valence-electron chi connectivity index (χ3n) is 2.92. The van der Waals surface area contributed by atoms with Crippen LogP contribution >= 0.6 is 27.5 Å². The molecule has 0 unspecified atom stereocenters. The van der Waals surface area contributed by atoms with E-state index in [1.54, 1.807) is 56.7 Å². The Morgan fingerprint density at radius 2 is 1.74 bits per heavy atom. The Balaban J connectivity index is 2.09. The summed E-state index contributed by atoms with van der Waals surface area (Å²) in [5.41, 5.74) is 0.779. The third kappa shape index (κ3) is 4.74. The third-order valence-corrected chi connectivity index (χ3v) is 3.71. The summed E-state index contributed by atoms with van der Waals surface area (Å²) in [6, 6.07) is 10.3. The van der Waals surface area contributed by atoms with Crippen LogP contribution in [0.3, 0.4) is 0 Å². The molecule has 2 aromatic carbocycles. The van der Waals surface area contributed by atoms with Gasteiger partial charge in [-0.2, -0.15) is 0 Å². The van der Waals surface area contributed by atoms with Crippen LogP contribution in [0, 0.1) is 0 Å². The summed E-state index contributed by atoms with van der Waals surface area (Å²) < 4.78 is 16.4. The Morgan fingerprint density at radius 3 is 2.39 bits per heavy atom. The van der Waals surface area contributed by atoms with Gasteiger partial charge in [-0.15, -0.1) is 0 Å². The van der Waals surface area contributed by atoms with E-state index in [1.807, 2.05) is 0 Å².